The van der Waals surface area contributed by atoms with Gasteiger partial charge in [-0.15, -0.1) is 0 Å². The number of nitrogens with two attached hydrogens (primary N) is 2. The molecule has 0 unspecified atom stereocenters. The van der Waals surface area contributed by atoms with E-state index in [1.54, 1.807) is 6.07 Å². The van der Waals surface area contributed by atoms with Crippen LogP contribution in [0.2, 0.25) is 5.82 Å². The monoisotopic (exact) mass is 349 g/mol. The number of pyridine rings is 1. The van der Waals surface area contributed by atoms with Gasteiger partial charge in [0.1, 0.15) is 0 Å². The lowest BCUT2D eigenvalue weighted by Crippen LogP contribution is -2.30. The van der Waals surface area contributed by atoms with Crippen LogP contribution in [0.25, 0.3) is 0 Å². The van der Waals surface area contributed by atoms with Crippen LogP contribution in [-0.2, 0) is 22.5 Å². The van der Waals surface area contributed by atoms with Crippen LogP contribution >= 0.6 is 0 Å². The van der Waals surface area contributed by atoms with Crippen molar-refractivity contribution in [3.63, 3.8) is 0 Å². The van der Waals surface area contributed by atoms with Crippen LogP contribution in [0, 0.1) is 0 Å². The fourth-order valence-electron chi connectivity index (χ4n) is 3.08. The van der Waals surface area contributed by atoms with Crippen LogP contribution in [-0.4, -0.2) is 40.1 Å². The zero-order chi connectivity index (χ0) is 18.4. The number of rotatable bonds is 7. The predicted octanol–water partition coefficient (Wildman–Crippen LogP) is 0.466. The largest absolute Gasteiger partial charge is 0.481 e. The van der Waals surface area contributed by atoms with Gasteiger partial charge < -0.3 is 26.3 Å². The van der Waals surface area contributed by atoms with Crippen molar-refractivity contribution >= 4 is 18.9 Å². The molecule has 0 saturated carbocycles. The third-order valence-corrected chi connectivity index (χ3v) is 4.48. The summed E-state index contributed by atoms with van der Waals surface area (Å²) in [4.78, 5) is 27.5. The van der Waals surface area contributed by atoms with Crippen molar-refractivity contribution in [3.8, 4) is 0 Å². The Morgan fingerprint density at radius 2 is 2.04 bits per heavy atom. The number of carbonyl (C=O) groups is 2. The second-order valence-corrected chi connectivity index (χ2v) is 6.30. The number of aromatic nitrogens is 1. The topological polar surface area (TPSA) is 149 Å². The average Bonchev–Trinajstić information content (AvgIpc) is 2.75. The van der Waals surface area contributed by atoms with Gasteiger partial charge in [-0.1, -0.05) is 12.8 Å². The van der Waals surface area contributed by atoms with E-state index in [1.807, 2.05) is 0 Å². The summed E-state index contributed by atoms with van der Waals surface area (Å²) < 4.78 is 5.42. The first-order valence-corrected chi connectivity index (χ1v) is 8.41. The van der Waals surface area contributed by atoms with E-state index in [2.05, 4.69) is 4.98 Å². The minimum Gasteiger partial charge on any atom is -0.481 e. The quantitative estimate of drug-likeness (QED) is 0.410. The molecular weight excluding hydrogens is 325 g/mol. The smallest absolute Gasteiger partial charge is 0.458 e. The first kappa shape index (κ1) is 19.5. The van der Waals surface area contributed by atoms with Gasteiger partial charge in [0.25, 0.3) is 0 Å². The van der Waals surface area contributed by atoms with Gasteiger partial charge >= 0.3 is 13.1 Å². The number of carboxylic acid groups (broad SMARTS) is 1. The highest BCUT2D eigenvalue weighted by Gasteiger charge is 2.34. The van der Waals surface area contributed by atoms with E-state index in [0.29, 0.717) is 30.5 Å². The molecule has 1 aliphatic rings. The highest BCUT2D eigenvalue weighted by atomic mass is 16.5. The van der Waals surface area contributed by atoms with Crippen LogP contribution in [0.3, 0.4) is 0 Å². The number of hydrogen-bond acceptors (Lipinski definition) is 7. The van der Waals surface area contributed by atoms with Crippen molar-refractivity contribution in [2.45, 2.75) is 57.1 Å². The second-order valence-electron chi connectivity index (χ2n) is 6.30. The van der Waals surface area contributed by atoms with Gasteiger partial charge in [0.2, 0.25) is 0 Å². The highest BCUT2D eigenvalue weighted by Crippen LogP contribution is 2.30. The van der Waals surface area contributed by atoms with E-state index in [9.17, 15) is 14.6 Å². The van der Waals surface area contributed by atoms with Crippen LogP contribution in [0.5, 0.6) is 0 Å². The van der Waals surface area contributed by atoms with Gasteiger partial charge in [0.05, 0.1) is 18.2 Å². The molecule has 0 amide bonds. The molecule has 8 nitrogen and oxygen atoms in total. The molecule has 2 atom stereocenters. The summed E-state index contributed by atoms with van der Waals surface area (Å²) in [7, 11) is -1.15. The van der Waals surface area contributed by atoms with Gasteiger partial charge in [-0.25, -0.2) is 0 Å². The molecule has 0 bridgehead atoms. The summed E-state index contributed by atoms with van der Waals surface area (Å²) >= 11 is 0. The average molecular weight is 349 g/mol. The van der Waals surface area contributed by atoms with Gasteiger partial charge in [0, 0.05) is 37.1 Å². The first-order valence-electron chi connectivity index (χ1n) is 8.41. The molecule has 136 valence electrons. The second kappa shape index (κ2) is 9.05. The number of carbonyl (C=O) groups excluding carboxylic acids is 1. The highest BCUT2D eigenvalue weighted by molar-refractivity contribution is 6.45. The fourth-order valence-corrected chi connectivity index (χ4v) is 3.08. The molecule has 0 aromatic carbocycles. The normalized spacial score (nSPS) is 21.0. The van der Waals surface area contributed by atoms with Gasteiger partial charge in [-0.05, 0) is 18.1 Å². The molecule has 0 radical (unpaired) electrons. The van der Waals surface area contributed by atoms with Crippen LogP contribution in [0.15, 0.2) is 12.3 Å². The number of carboxylic acids is 1. The SMILES string of the molecule is NCc1cc(C(=O)C[C@H]2CCC[C@@H](CC(=O)O)OB2O)cnc1CN. The van der Waals surface area contributed by atoms with E-state index >= 15 is 0 Å². The Morgan fingerprint density at radius 3 is 2.68 bits per heavy atom. The zero-order valence-electron chi connectivity index (χ0n) is 14.1. The van der Waals surface area contributed by atoms with Crippen LogP contribution in [0.1, 0.15) is 53.7 Å². The molecule has 1 aromatic rings. The lowest BCUT2D eigenvalue weighted by Gasteiger charge is -2.18. The molecule has 0 spiro atoms. The first-order chi connectivity index (χ1) is 11.9. The Kier molecular flexibility index (Phi) is 7.06. The fraction of sp³-hybridized carbons (Fsp3) is 0.562. The molecule has 2 heterocycles. The van der Waals surface area contributed by atoms with Crippen molar-refractivity contribution in [1.29, 1.82) is 0 Å². The predicted molar refractivity (Wildman–Crippen MR) is 91.7 cm³/mol. The molecule has 6 N–H and O–H groups in total. The number of hydrogen-bond donors (Lipinski definition) is 4. The van der Waals surface area contributed by atoms with Crippen molar-refractivity contribution in [2.75, 3.05) is 0 Å². The summed E-state index contributed by atoms with van der Waals surface area (Å²) in [6, 6.07) is 1.69. The van der Waals surface area contributed by atoms with E-state index in [4.69, 9.17) is 21.2 Å². The summed E-state index contributed by atoms with van der Waals surface area (Å²) in [6.45, 7) is 0.494. The summed E-state index contributed by atoms with van der Waals surface area (Å²) in [5, 5.41) is 19.0. The maximum absolute atomic E-state index is 12.5. The number of Topliss-reactive ketones (excluding diaryl/α,β-unsaturated/α-hetero) is 1. The maximum Gasteiger partial charge on any atom is 0.458 e. The lowest BCUT2D eigenvalue weighted by molar-refractivity contribution is -0.139. The lowest BCUT2D eigenvalue weighted by atomic mass is 9.67. The third-order valence-electron chi connectivity index (χ3n) is 4.48. The molecule has 9 heteroatoms. The third kappa shape index (κ3) is 5.33. The van der Waals surface area contributed by atoms with Crippen molar-refractivity contribution in [1.82, 2.24) is 4.98 Å². The molecule has 1 saturated heterocycles. The Bertz CT molecular complexity index is 628. The number of nitrogens with zero attached hydrogens (tertiary/aromatic N) is 1. The summed E-state index contributed by atoms with van der Waals surface area (Å²) in [5.41, 5.74) is 13.1. The van der Waals surface area contributed by atoms with Crippen molar-refractivity contribution < 1.29 is 24.4 Å². The Morgan fingerprint density at radius 1 is 1.28 bits per heavy atom. The molecule has 0 aliphatic carbocycles. The Hall–Kier alpha value is -1.81. The molecule has 1 aromatic heterocycles. The molecule has 1 fully saturated rings. The van der Waals surface area contributed by atoms with E-state index in [0.717, 1.165) is 5.56 Å². The molecular formula is C16H24BN3O5. The molecule has 1 aliphatic heterocycles. The Labute approximate surface area is 146 Å². The van der Waals surface area contributed by atoms with Crippen LogP contribution < -0.4 is 11.5 Å². The minimum atomic E-state index is -1.15. The standard InChI is InChI=1S/C16H24BN3O5/c18-7-10-4-11(9-20-14(10)8-19)15(21)5-12-2-1-3-13(6-16(22)23)25-17(12)24/h4,9,12-13,24H,1-3,5-8,18-19H2,(H,22,23)/t12-,13+/m1/s1. The summed E-state index contributed by atoms with van der Waals surface area (Å²) in [6.07, 6.45) is 2.75. The molecule has 2 rings (SSSR count). The minimum absolute atomic E-state index is 0.106. The van der Waals surface area contributed by atoms with Crippen molar-refractivity contribution in [3.05, 3.63) is 29.1 Å². The number of aliphatic carboxylic acids is 1. The van der Waals surface area contributed by atoms with Crippen molar-refractivity contribution in [2.24, 2.45) is 11.5 Å². The van der Waals surface area contributed by atoms with Gasteiger partial charge in [0.15, 0.2) is 5.78 Å². The van der Waals surface area contributed by atoms with E-state index in [-0.39, 0.29) is 37.5 Å². The molecule has 25 heavy (non-hydrogen) atoms. The maximum atomic E-state index is 12.5. The van der Waals surface area contributed by atoms with E-state index < -0.39 is 19.2 Å². The van der Waals surface area contributed by atoms with Crippen LogP contribution in [0.4, 0.5) is 0 Å². The van der Waals surface area contributed by atoms with E-state index in [1.165, 1.54) is 6.20 Å². The van der Waals surface area contributed by atoms with Gasteiger partial charge in [-0.3, -0.25) is 14.6 Å². The number of ketones is 1. The summed E-state index contributed by atoms with van der Waals surface area (Å²) in [5.74, 6) is -1.50. The van der Waals surface area contributed by atoms with Gasteiger partial charge in [-0.2, -0.15) is 0 Å². The zero-order valence-corrected chi connectivity index (χ0v) is 14.1. The Balaban J connectivity index is 2.03.